The second kappa shape index (κ2) is 4.91. The molecule has 1 aromatic rings. The largest absolute Gasteiger partial charge is 0.383 e. The summed E-state index contributed by atoms with van der Waals surface area (Å²) < 4.78 is 2.78. The number of nitrogens with zero attached hydrogens (tertiary/aromatic N) is 2. The molecule has 2 N–H and O–H groups in total. The van der Waals surface area contributed by atoms with Gasteiger partial charge in [0.15, 0.2) is 0 Å². The van der Waals surface area contributed by atoms with E-state index in [-0.39, 0.29) is 0 Å². The third-order valence-electron chi connectivity index (χ3n) is 1.81. The number of hydrogen-bond donors (Lipinski definition) is 1. The van der Waals surface area contributed by atoms with Gasteiger partial charge in [-0.2, -0.15) is 16.9 Å². The summed E-state index contributed by atoms with van der Waals surface area (Å²) in [5.74, 6) is 1.88. The maximum atomic E-state index is 5.83. The van der Waals surface area contributed by atoms with E-state index >= 15 is 0 Å². The zero-order valence-corrected chi connectivity index (χ0v) is 10.3. The summed E-state index contributed by atoms with van der Waals surface area (Å²) in [6.07, 6.45) is 3.21. The van der Waals surface area contributed by atoms with Crippen LogP contribution in [-0.4, -0.2) is 21.8 Å². The summed E-state index contributed by atoms with van der Waals surface area (Å²) in [5, 5.41) is 4.32. The highest BCUT2D eigenvalue weighted by Gasteiger charge is 2.08. The Balaban J connectivity index is 2.61. The van der Waals surface area contributed by atoms with Crippen LogP contribution in [0.1, 0.15) is 12.1 Å². The molecule has 1 heterocycles. The third kappa shape index (κ3) is 2.64. The molecular weight excluding hydrogens is 250 g/mol. The summed E-state index contributed by atoms with van der Waals surface area (Å²) in [6, 6.07) is 0. The van der Waals surface area contributed by atoms with Gasteiger partial charge in [0.05, 0.1) is 10.2 Å². The Hall–Kier alpha value is -0.160. The van der Waals surface area contributed by atoms with Gasteiger partial charge >= 0.3 is 0 Å². The van der Waals surface area contributed by atoms with Gasteiger partial charge in [-0.1, -0.05) is 0 Å². The lowest BCUT2D eigenvalue weighted by molar-refractivity contribution is 0.610. The first-order chi connectivity index (χ1) is 6.16. The summed E-state index contributed by atoms with van der Waals surface area (Å²) >= 11 is 5.24. The van der Waals surface area contributed by atoms with E-state index in [1.807, 2.05) is 23.4 Å². The molecule has 0 saturated heterocycles. The smallest absolute Gasteiger partial charge is 0.136 e. The van der Waals surface area contributed by atoms with Gasteiger partial charge in [0.1, 0.15) is 5.82 Å². The van der Waals surface area contributed by atoms with Gasteiger partial charge < -0.3 is 5.73 Å². The maximum absolute atomic E-state index is 5.83. The van der Waals surface area contributed by atoms with E-state index in [2.05, 4.69) is 27.3 Å². The summed E-state index contributed by atoms with van der Waals surface area (Å²) in [6.45, 7) is 2.85. The normalized spacial score (nSPS) is 10.7. The van der Waals surface area contributed by atoms with Crippen LogP contribution in [0.3, 0.4) is 0 Å². The van der Waals surface area contributed by atoms with E-state index < -0.39 is 0 Å². The van der Waals surface area contributed by atoms with E-state index in [1.165, 1.54) is 0 Å². The molecule has 0 atom stereocenters. The van der Waals surface area contributed by atoms with Crippen molar-refractivity contribution >= 4 is 33.5 Å². The lowest BCUT2D eigenvalue weighted by Crippen LogP contribution is -2.05. The second-order valence-corrected chi connectivity index (χ2v) is 4.63. The van der Waals surface area contributed by atoms with Gasteiger partial charge in [-0.15, -0.1) is 0 Å². The van der Waals surface area contributed by atoms with Crippen molar-refractivity contribution in [2.75, 3.05) is 17.7 Å². The Morgan fingerprint density at radius 3 is 2.77 bits per heavy atom. The van der Waals surface area contributed by atoms with Crippen molar-refractivity contribution in [1.82, 2.24) is 9.78 Å². The van der Waals surface area contributed by atoms with Crippen LogP contribution in [-0.2, 0) is 6.54 Å². The molecule has 0 bridgehead atoms. The Bertz CT molecular complexity index is 285. The van der Waals surface area contributed by atoms with Crippen LogP contribution in [0.2, 0.25) is 0 Å². The molecule has 0 aromatic carbocycles. The number of aryl methyl sites for hydroxylation is 2. The van der Waals surface area contributed by atoms with Crippen LogP contribution in [0.25, 0.3) is 0 Å². The summed E-state index contributed by atoms with van der Waals surface area (Å²) in [4.78, 5) is 0. The molecule has 1 aromatic heterocycles. The first-order valence-electron chi connectivity index (χ1n) is 4.14. The second-order valence-electron chi connectivity index (χ2n) is 2.85. The van der Waals surface area contributed by atoms with Crippen LogP contribution in [0.4, 0.5) is 5.82 Å². The summed E-state index contributed by atoms with van der Waals surface area (Å²) in [5.41, 5.74) is 6.79. The molecular formula is C8H14BrN3S. The van der Waals surface area contributed by atoms with Gasteiger partial charge in [-0.3, -0.25) is 0 Å². The van der Waals surface area contributed by atoms with E-state index in [4.69, 9.17) is 5.73 Å². The van der Waals surface area contributed by atoms with E-state index in [0.717, 1.165) is 34.7 Å². The molecule has 0 amide bonds. The Labute approximate surface area is 91.2 Å². The van der Waals surface area contributed by atoms with Crippen LogP contribution < -0.4 is 5.73 Å². The zero-order valence-electron chi connectivity index (χ0n) is 7.88. The number of rotatable bonds is 4. The highest BCUT2D eigenvalue weighted by molar-refractivity contribution is 9.10. The quantitative estimate of drug-likeness (QED) is 0.848. The van der Waals surface area contributed by atoms with E-state index in [1.54, 1.807) is 0 Å². The zero-order chi connectivity index (χ0) is 9.84. The lowest BCUT2D eigenvalue weighted by Gasteiger charge is -2.02. The molecule has 13 heavy (non-hydrogen) atoms. The highest BCUT2D eigenvalue weighted by atomic mass is 79.9. The van der Waals surface area contributed by atoms with Gasteiger partial charge in [0.25, 0.3) is 0 Å². The molecule has 3 nitrogen and oxygen atoms in total. The fraction of sp³-hybridized carbons (Fsp3) is 0.625. The molecule has 0 aliphatic carbocycles. The SMILES string of the molecule is CSCCCn1nc(C)c(Br)c1N. The highest BCUT2D eigenvalue weighted by Crippen LogP contribution is 2.22. The van der Waals surface area contributed by atoms with Crippen LogP contribution in [0.15, 0.2) is 4.47 Å². The molecule has 0 radical (unpaired) electrons. The number of aromatic nitrogens is 2. The number of anilines is 1. The standard InChI is InChI=1S/C8H14BrN3S/c1-6-7(9)8(10)12(11-6)4-3-5-13-2/h3-5,10H2,1-2H3. The summed E-state index contributed by atoms with van der Waals surface area (Å²) in [7, 11) is 0. The lowest BCUT2D eigenvalue weighted by atomic mass is 10.4. The molecule has 5 heteroatoms. The predicted molar refractivity (Wildman–Crippen MR) is 62.1 cm³/mol. The number of nitrogen functional groups attached to an aromatic ring is 1. The van der Waals surface area contributed by atoms with Crippen molar-refractivity contribution in [3.05, 3.63) is 10.2 Å². The average Bonchev–Trinajstić information content (AvgIpc) is 2.34. The number of hydrogen-bond acceptors (Lipinski definition) is 3. The molecule has 0 saturated carbocycles. The molecule has 0 fully saturated rings. The Kier molecular flexibility index (Phi) is 4.12. The molecule has 1 rings (SSSR count). The molecule has 74 valence electrons. The maximum Gasteiger partial charge on any atom is 0.136 e. The monoisotopic (exact) mass is 263 g/mol. The van der Waals surface area contributed by atoms with Crippen molar-refractivity contribution < 1.29 is 0 Å². The first-order valence-corrected chi connectivity index (χ1v) is 6.32. The fourth-order valence-electron chi connectivity index (χ4n) is 1.11. The van der Waals surface area contributed by atoms with Crippen molar-refractivity contribution in [1.29, 1.82) is 0 Å². The number of thioether (sulfide) groups is 1. The Morgan fingerprint density at radius 2 is 2.31 bits per heavy atom. The number of halogens is 1. The molecule has 0 unspecified atom stereocenters. The van der Waals surface area contributed by atoms with Gasteiger partial charge in [0.2, 0.25) is 0 Å². The van der Waals surface area contributed by atoms with Gasteiger partial charge in [0, 0.05) is 6.54 Å². The van der Waals surface area contributed by atoms with Gasteiger partial charge in [-0.25, -0.2) is 4.68 Å². The number of nitrogens with two attached hydrogens (primary N) is 1. The van der Waals surface area contributed by atoms with E-state index in [9.17, 15) is 0 Å². The minimum atomic E-state index is 0.735. The Morgan fingerprint density at radius 1 is 1.62 bits per heavy atom. The topological polar surface area (TPSA) is 43.8 Å². The predicted octanol–water partition coefficient (Wildman–Crippen LogP) is 2.29. The fourth-order valence-corrected chi connectivity index (χ4v) is 1.81. The third-order valence-corrected chi connectivity index (χ3v) is 3.49. The minimum absolute atomic E-state index is 0.735. The minimum Gasteiger partial charge on any atom is -0.383 e. The van der Waals surface area contributed by atoms with Crippen molar-refractivity contribution in [2.45, 2.75) is 19.9 Å². The molecule has 0 aliphatic heterocycles. The average molecular weight is 264 g/mol. The van der Waals surface area contributed by atoms with E-state index in [0.29, 0.717) is 0 Å². The van der Waals surface area contributed by atoms with Crippen molar-refractivity contribution in [2.24, 2.45) is 0 Å². The van der Waals surface area contributed by atoms with Crippen LogP contribution in [0.5, 0.6) is 0 Å². The van der Waals surface area contributed by atoms with Gasteiger partial charge in [-0.05, 0) is 41.3 Å². The molecule has 0 aliphatic rings. The van der Waals surface area contributed by atoms with Crippen molar-refractivity contribution in [3.8, 4) is 0 Å². The van der Waals surface area contributed by atoms with Crippen LogP contribution in [0, 0.1) is 6.92 Å². The first kappa shape index (κ1) is 10.9. The van der Waals surface area contributed by atoms with Crippen LogP contribution >= 0.6 is 27.7 Å². The van der Waals surface area contributed by atoms with Crippen molar-refractivity contribution in [3.63, 3.8) is 0 Å². The molecule has 0 spiro atoms.